The summed E-state index contributed by atoms with van der Waals surface area (Å²) < 4.78 is 37.4. The largest absolute Gasteiger partial charge is 0.480 e. The average molecular weight is 630 g/mol. The van der Waals surface area contributed by atoms with E-state index >= 15 is 0 Å². The van der Waals surface area contributed by atoms with Crippen molar-refractivity contribution in [1.82, 2.24) is 14.1 Å². The molecule has 36 heavy (non-hydrogen) atoms. The number of hydrogen-bond donors (Lipinski definition) is 3. The molecule has 3 aromatic carbocycles. The fraction of sp³-hybridized carbons (Fsp3) is 0.0909. The Balaban J connectivity index is 1.62. The molecule has 0 saturated carbocycles. The van der Waals surface area contributed by atoms with Crippen molar-refractivity contribution in [2.45, 2.75) is 17.4 Å². The molecule has 0 spiro atoms. The van der Waals surface area contributed by atoms with Crippen molar-refractivity contribution in [2.24, 2.45) is 0 Å². The number of carbonyl (C=O) groups is 2. The van der Waals surface area contributed by atoms with Gasteiger partial charge in [-0.25, -0.2) is 13.2 Å². The third-order valence-corrected chi connectivity index (χ3v) is 8.43. The van der Waals surface area contributed by atoms with Crippen LogP contribution in [0.4, 0.5) is 5.69 Å². The highest BCUT2D eigenvalue weighted by Crippen LogP contribution is 2.28. The number of aliphatic carboxylic acids is 1. The van der Waals surface area contributed by atoms with Crippen LogP contribution in [0.1, 0.15) is 15.9 Å². The number of nitrogens with zero attached hydrogens (tertiary/aromatic N) is 2. The first kappa shape index (κ1) is 26.3. The highest BCUT2D eigenvalue weighted by molar-refractivity contribution is 9.10. The highest BCUT2D eigenvalue weighted by Gasteiger charge is 2.26. The third-order valence-electron chi connectivity index (χ3n) is 5.04. The van der Waals surface area contributed by atoms with E-state index in [0.29, 0.717) is 20.6 Å². The molecule has 1 atom stereocenters. The third kappa shape index (κ3) is 5.79. The topological polar surface area (TPSA) is 138 Å². The zero-order chi connectivity index (χ0) is 26.0. The molecule has 1 aromatic heterocycles. The number of benzene rings is 3. The summed E-state index contributed by atoms with van der Waals surface area (Å²) in [4.78, 5) is 24.8. The van der Waals surface area contributed by atoms with Crippen LogP contribution >= 0.6 is 50.9 Å². The lowest BCUT2D eigenvalue weighted by Crippen LogP contribution is -2.42. The van der Waals surface area contributed by atoms with Crippen molar-refractivity contribution in [1.29, 1.82) is 0 Å². The number of halogens is 3. The molecule has 0 fully saturated rings. The zero-order valence-corrected chi connectivity index (χ0v) is 22.6. The maximum atomic E-state index is 13.2. The van der Waals surface area contributed by atoms with Crippen molar-refractivity contribution in [2.75, 3.05) is 4.72 Å². The van der Waals surface area contributed by atoms with Gasteiger partial charge in [0.15, 0.2) is 0 Å². The summed E-state index contributed by atoms with van der Waals surface area (Å²) in [5, 5.41) is 12.7. The molecular weight excluding hydrogens is 615 g/mol. The van der Waals surface area contributed by atoms with E-state index in [9.17, 15) is 23.1 Å². The van der Waals surface area contributed by atoms with Crippen LogP contribution in [0.15, 0.2) is 64.0 Å². The van der Waals surface area contributed by atoms with Crippen LogP contribution < -0.4 is 10.0 Å². The maximum Gasteiger partial charge on any atom is 0.326 e. The van der Waals surface area contributed by atoms with Crippen LogP contribution in [0, 0.1) is 0 Å². The van der Waals surface area contributed by atoms with E-state index in [1.54, 1.807) is 24.3 Å². The number of nitrogens with one attached hydrogen (secondary N) is 2. The fourth-order valence-electron chi connectivity index (χ4n) is 3.34. The Labute approximate surface area is 228 Å². The Kier molecular flexibility index (Phi) is 7.81. The summed E-state index contributed by atoms with van der Waals surface area (Å²) >= 11 is 16.2. The van der Waals surface area contributed by atoms with E-state index in [2.05, 4.69) is 34.7 Å². The number of fused-ring (bicyclic) bond motifs is 1. The minimum atomic E-state index is -4.20. The Morgan fingerprint density at radius 1 is 1.08 bits per heavy atom. The monoisotopic (exact) mass is 628 g/mol. The Morgan fingerprint density at radius 2 is 1.86 bits per heavy atom. The standard InChI is InChI=1S/C22H15BrCl2N4O5S2/c23-14-8-11(4-7-15(14)25)9-18(22(31)32)26-21(30)13-6-5-12(24)10-17(13)29-36(33,34)19-3-1-2-16-20(19)28-35-27-16/h1-8,10,18,29H,9H2,(H,26,30)(H,31,32)/t18-/m0/s1. The Hall–Kier alpha value is -2.77. The van der Waals surface area contributed by atoms with Gasteiger partial charge in [-0.15, -0.1) is 0 Å². The van der Waals surface area contributed by atoms with Crippen molar-refractivity contribution < 1.29 is 23.1 Å². The molecule has 1 amide bonds. The number of carboxylic acid groups (broad SMARTS) is 1. The molecule has 0 bridgehead atoms. The number of anilines is 1. The van der Waals surface area contributed by atoms with Gasteiger partial charge in [0, 0.05) is 15.9 Å². The molecule has 4 aromatic rings. The van der Waals surface area contributed by atoms with E-state index in [0.717, 1.165) is 11.7 Å². The lowest BCUT2D eigenvalue weighted by atomic mass is 10.1. The van der Waals surface area contributed by atoms with Gasteiger partial charge in [0.05, 0.1) is 28.0 Å². The predicted molar refractivity (Wildman–Crippen MR) is 141 cm³/mol. The second-order valence-electron chi connectivity index (χ2n) is 7.50. The number of carbonyl (C=O) groups excluding carboxylic acids is 1. The second kappa shape index (κ2) is 10.7. The van der Waals surface area contributed by atoms with Crippen LogP contribution in [0.2, 0.25) is 10.0 Å². The summed E-state index contributed by atoms with van der Waals surface area (Å²) in [6.45, 7) is 0. The fourth-order valence-corrected chi connectivity index (χ4v) is 5.89. The maximum absolute atomic E-state index is 13.2. The summed E-state index contributed by atoms with van der Waals surface area (Å²) in [5.74, 6) is -2.08. The number of aromatic nitrogens is 2. The smallest absolute Gasteiger partial charge is 0.326 e. The molecule has 14 heteroatoms. The van der Waals surface area contributed by atoms with Crippen molar-refractivity contribution in [3.63, 3.8) is 0 Å². The molecule has 0 saturated heterocycles. The molecule has 0 aliphatic carbocycles. The highest BCUT2D eigenvalue weighted by atomic mass is 79.9. The van der Waals surface area contributed by atoms with E-state index in [4.69, 9.17) is 23.2 Å². The van der Waals surface area contributed by atoms with Gasteiger partial charge >= 0.3 is 5.97 Å². The van der Waals surface area contributed by atoms with Crippen LogP contribution in [0.3, 0.4) is 0 Å². The second-order valence-corrected chi connectivity index (χ2v) is 11.4. The van der Waals surface area contributed by atoms with Gasteiger partial charge in [0.1, 0.15) is 22.0 Å². The Morgan fingerprint density at radius 3 is 2.58 bits per heavy atom. The normalized spacial score (nSPS) is 12.3. The first-order valence-electron chi connectivity index (χ1n) is 10.1. The lowest BCUT2D eigenvalue weighted by molar-refractivity contribution is -0.139. The van der Waals surface area contributed by atoms with Crippen molar-refractivity contribution >= 4 is 89.5 Å². The molecule has 0 unspecified atom stereocenters. The summed E-state index contributed by atoms with van der Waals surface area (Å²) in [5.41, 5.74) is 0.961. The van der Waals surface area contributed by atoms with Crippen LogP contribution in [0.25, 0.3) is 11.0 Å². The van der Waals surface area contributed by atoms with Gasteiger partial charge in [-0.2, -0.15) is 8.75 Å². The number of sulfonamides is 1. The summed E-state index contributed by atoms with van der Waals surface area (Å²) in [7, 11) is -4.20. The number of carboxylic acids is 1. The van der Waals surface area contributed by atoms with Gasteiger partial charge in [-0.1, -0.05) is 35.3 Å². The first-order chi connectivity index (χ1) is 17.0. The minimum Gasteiger partial charge on any atom is -0.480 e. The first-order valence-corrected chi connectivity index (χ1v) is 13.8. The molecule has 9 nitrogen and oxygen atoms in total. The van der Waals surface area contributed by atoms with Crippen molar-refractivity contribution in [3.05, 3.63) is 80.2 Å². The molecule has 0 radical (unpaired) electrons. The SMILES string of the molecule is O=C(N[C@@H](Cc1ccc(Cl)c(Br)c1)C(=O)O)c1ccc(Cl)cc1NS(=O)(=O)c1cccc2nsnc12. The van der Waals surface area contributed by atoms with E-state index in [-0.39, 0.29) is 33.1 Å². The van der Waals surface area contributed by atoms with Gasteiger partial charge in [0.2, 0.25) is 0 Å². The minimum absolute atomic E-state index is 0.0374. The summed E-state index contributed by atoms with van der Waals surface area (Å²) in [6, 6.07) is 12.1. The lowest BCUT2D eigenvalue weighted by Gasteiger charge is -2.17. The Bertz CT molecular complexity index is 1600. The molecule has 3 N–H and O–H groups in total. The molecule has 1 heterocycles. The van der Waals surface area contributed by atoms with Crippen LogP contribution in [-0.2, 0) is 21.2 Å². The molecular formula is C22H15BrCl2N4O5S2. The van der Waals surface area contributed by atoms with Crippen molar-refractivity contribution in [3.8, 4) is 0 Å². The number of amides is 1. The molecule has 0 aliphatic heterocycles. The van der Waals surface area contributed by atoms with Gasteiger partial charge < -0.3 is 10.4 Å². The number of rotatable bonds is 8. The van der Waals surface area contributed by atoms with E-state index < -0.39 is 27.9 Å². The zero-order valence-electron chi connectivity index (χ0n) is 17.9. The molecule has 0 aliphatic rings. The number of hydrogen-bond acceptors (Lipinski definition) is 7. The molecule has 186 valence electrons. The van der Waals surface area contributed by atoms with Gasteiger partial charge in [-0.3, -0.25) is 9.52 Å². The molecule has 4 rings (SSSR count). The van der Waals surface area contributed by atoms with Gasteiger partial charge in [0.25, 0.3) is 15.9 Å². The summed E-state index contributed by atoms with van der Waals surface area (Å²) in [6.07, 6.45) is -0.0374. The predicted octanol–water partition coefficient (Wildman–Crippen LogP) is 4.99. The van der Waals surface area contributed by atoms with Gasteiger partial charge in [-0.05, 0) is 64.0 Å². The van der Waals surface area contributed by atoms with E-state index in [1.165, 1.54) is 30.3 Å². The van der Waals surface area contributed by atoms with E-state index in [1.807, 2.05) is 0 Å². The van der Waals surface area contributed by atoms with Crippen LogP contribution in [0.5, 0.6) is 0 Å². The quantitative estimate of drug-likeness (QED) is 0.250. The average Bonchev–Trinajstić information content (AvgIpc) is 3.29. The van der Waals surface area contributed by atoms with Crippen LogP contribution in [-0.4, -0.2) is 40.2 Å².